The summed E-state index contributed by atoms with van der Waals surface area (Å²) in [6.07, 6.45) is 5.86. The predicted octanol–water partition coefficient (Wildman–Crippen LogP) is 2.17. The van der Waals surface area contributed by atoms with E-state index in [-0.39, 0.29) is 12.5 Å². The molecule has 2 aliphatic rings. The van der Waals surface area contributed by atoms with Gasteiger partial charge in [0.05, 0.1) is 30.2 Å². The summed E-state index contributed by atoms with van der Waals surface area (Å²) in [6, 6.07) is 3.66. The summed E-state index contributed by atoms with van der Waals surface area (Å²) in [5.74, 6) is 1.75. The molecule has 1 saturated heterocycles. The van der Waals surface area contributed by atoms with Crippen LogP contribution in [0.1, 0.15) is 38.0 Å². The number of hydrogen-bond acceptors (Lipinski definition) is 7. The van der Waals surface area contributed by atoms with E-state index in [1.807, 2.05) is 11.0 Å². The largest absolute Gasteiger partial charge is 0.387 e. The molecule has 4 heterocycles. The Labute approximate surface area is 164 Å². The molecule has 0 unspecified atom stereocenters. The molecule has 0 aliphatic carbocycles. The van der Waals surface area contributed by atoms with Gasteiger partial charge < -0.3 is 20.1 Å². The van der Waals surface area contributed by atoms with Crippen LogP contribution in [0.25, 0.3) is 11.3 Å². The summed E-state index contributed by atoms with van der Waals surface area (Å²) in [5.41, 5.74) is 2.12. The lowest BCUT2D eigenvalue weighted by Gasteiger charge is -2.31. The van der Waals surface area contributed by atoms with Crippen molar-refractivity contribution in [1.29, 1.82) is 0 Å². The highest BCUT2D eigenvalue weighted by atomic mass is 16.5. The van der Waals surface area contributed by atoms with Crippen LogP contribution in [0.4, 0.5) is 11.6 Å². The summed E-state index contributed by atoms with van der Waals surface area (Å²) < 4.78 is 5.43. The first-order valence-electron chi connectivity index (χ1n) is 9.74. The first-order chi connectivity index (χ1) is 13.6. The summed E-state index contributed by atoms with van der Waals surface area (Å²) >= 11 is 0. The van der Waals surface area contributed by atoms with Crippen molar-refractivity contribution < 1.29 is 14.6 Å². The van der Waals surface area contributed by atoms with E-state index in [0.29, 0.717) is 28.9 Å². The van der Waals surface area contributed by atoms with E-state index in [1.54, 1.807) is 25.4 Å². The molecular formula is C20H25N5O3. The molecule has 4 rings (SSSR count). The molecule has 0 bridgehead atoms. The molecule has 0 aromatic carbocycles. The summed E-state index contributed by atoms with van der Waals surface area (Å²) in [4.78, 5) is 27.5. The first kappa shape index (κ1) is 18.8. The number of hydrogen-bond donors (Lipinski definition) is 2. The molecule has 2 aliphatic heterocycles. The van der Waals surface area contributed by atoms with Crippen molar-refractivity contribution in [3.8, 4) is 11.3 Å². The van der Waals surface area contributed by atoms with Gasteiger partial charge in [-0.25, -0.2) is 9.97 Å². The lowest BCUT2D eigenvalue weighted by molar-refractivity contribution is -0.115. The monoisotopic (exact) mass is 383 g/mol. The minimum atomic E-state index is -0.612. The molecule has 148 valence electrons. The number of aliphatic hydroxyl groups excluding tert-OH is 1. The van der Waals surface area contributed by atoms with Gasteiger partial charge in [-0.1, -0.05) is 0 Å². The standard InChI is InChI=1S/C20H25N5O3/c1-13(26)16-3-2-15(10-21-16)17-11-22-19-20(23-17)25(12-18(27)24-19)7-4-14-5-8-28-9-6-14/h2-3,10-11,13-14,26H,4-9,12H2,1H3,(H,22,24,27)/t13-/m1/s1. The fraction of sp³-hybridized carbons (Fsp3) is 0.500. The number of aromatic nitrogens is 3. The summed E-state index contributed by atoms with van der Waals surface area (Å²) in [6.45, 7) is 4.37. The third-order valence-corrected chi connectivity index (χ3v) is 5.30. The molecule has 2 aromatic heterocycles. The maximum Gasteiger partial charge on any atom is 0.245 e. The smallest absolute Gasteiger partial charge is 0.245 e. The topological polar surface area (TPSA) is 100 Å². The lowest BCUT2D eigenvalue weighted by atomic mass is 9.96. The quantitative estimate of drug-likeness (QED) is 0.816. The molecule has 0 spiro atoms. The van der Waals surface area contributed by atoms with E-state index in [9.17, 15) is 9.90 Å². The molecule has 0 radical (unpaired) electrons. The van der Waals surface area contributed by atoms with E-state index in [2.05, 4.69) is 15.3 Å². The van der Waals surface area contributed by atoms with Crippen LogP contribution in [0.5, 0.6) is 0 Å². The normalized spacial score (nSPS) is 18.5. The van der Waals surface area contributed by atoms with Gasteiger partial charge in [0.1, 0.15) is 0 Å². The molecule has 1 amide bonds. The molecule has 1 fully saturated rings. The molecule has 2 aromatic rings. The van der Waals surface area contributed by atoms with Gasteiger partial charge in [-0.2, -0.15) is 0 Å². The molecule has 8 nitrogen and oxygen atoms in total. The Balaban J connectivity index is 1.55. The van der Waals surface area contributed by atoms with Crippen molar-refractivity contribution in [3.05, 3.63) is 30.2 Å². The number of aliphatic hydroxyl groups is 1. The minimum Gasteiger partial charge on any atom is -0.387 e. The molecule has 1 atom stereocenters. The summed E-state index contributed by atoms with van der Waals surface area (Å²) in [5, 5.41) is 12.4. The number of nitrogens with one attached hydrogen (secondary N) is 1. The zero-order valence-corrected chi connectivity index (χ0v) is 16.0. The molecular weight excluding hydrogens is 358 g/mol. The lowest BCUT2D eigenvalue weighted by Crippen LogP contribution is -2.40. The second-order valence-corrected chi connectivity index (χ2v) is 7.39. The fourth-order valence-electron chi connectivity index (χ4n) is 3.61. The van der Waals surface area contributed by atoms with Crippen molar-refractivity contribution in [1.82, 2.24) is 15.0 Å². The van der Waals surface area contributed by atoms with E-state index in [0.717, 1.165) is 44.6 Å². The maximum absolute atomic E-state index is 12.1. The average Bonchev–Trinajstić information content (AvgIpc) is 2.72. The minimum absolute atomic E-state index is 0.0653. The number of ether oxygens (including phenoxy) is 1. The zero-order chi connectivity index (χ0) is 19.5. The van der Waals surface area contributed by atoms with Crippen molar-refractivity contribution in [3.63, 3.8) is 0 Å². The number of carbonyl (C=O) groups excluding carboxylic acids is 1. The molecule has 28 heavy (non-hydrogen) atoms. The van der Waals surface area contributed by atoms with Gasteiger partial charge in [-0.05, 0) is 44.2 Å². The second-order valence-electron chi connectivity index (χ2n) is 7.39. The van der Waals surface area contributed by atoms with Gasteiger partial charge in [0.15, 0.2) is 11.6 Å². The number of fused-ring (bicyclic) bond motifs is 1. The van der Waals surface area contributed by atoms with Crippen LogP contribution in [-0.4, -0.2) is 52.3 Å². The average molecular weight is 383 g/mol. The van der Waals surface area contributed by atoms with Crippen molar-refractivity contribution in [2.45, 2.75) is 32.3 Å². The van der Waals surface area contributed by atoms with Crippen LogP contribution < -0.4 is 10.2 Å². The van der Waals surface area contributed by atoms with Crippen molar-refractivity contribution in [2.24, 2.45) is 5.92 Å². The SMILES string of the molecule is C[C@@H](O)c1ccc(-c2cnc3c(n2)N(CCC2CCOCC2)CC(=O)N3)cn1. The van der Waals surface area contributed by atoms with E-state index < -0.39 is 6.10 Å². The zero-order valence-electron chi connectivity index (χ0n) is 16.0. The van der Waals surface area contributed by atoms with Crippen LogP contribution in [0.2, 0.25) is 0 Å². The van der Waals surface area contributed by atoms with Gasteiger partial charge >= 0.3 is 0 Å². The van der Waals surface area contributed by atoms with Gasteiger partial charge in [-0.3, -0.25) is 9.78 Å². The Bertz CT molecular complexity index is 834. The highest BCUT2D eigenvalue weighted by Crippen LogP contribution is 2.30. The van der Waals surface area contributed by atoms with Gasteiger partial charge in [0.25, 0.3) is 0 Å². The van der Waals surface area contributed by atoms with Gasteiger partial charge in [0.2, 0.25) is 5.91 Å². The molecule has 0 saturated carbocycles. The number of rotatable bonds is 5. The van der Waals surface area contributed by atoms with Crippen molar-refractivity contribution >= 4 is 17.5 Å². The van der Waals surface area contributed by atoms with E-state index >= 15 is 0 Å². The van der Waals surface area contributed by atoms with Crippen LogP contribution in [-0.2, 0) is 9.53 Å². The van der Waals surface area contributed by atoms with Gasteiger partial charge in [-0.15, -0.1) is 0 Å². The Hall–Kier alpha value is -2.58. The van der Waals surface area contributed by atoms with Crippen LogP contribution in [0.15, 0.2) is 24.5 Å². The van der Waals surface area contributed by atoms with Gasteiger partial charge in [0, 0.05) is 31.5 Å². The highest BCUT2D eigenvalue weighted by Gasteiger charge is 2.26. The number of carbonyl (C=O) groups is 1. The number of nitrogens with zero attached hydrogens (tertiary/aromatic N) is 4. The van der Waals surface area contributed by atoms with E-state index in [1.165, 1.54) is 0 Å². The maximum atomic E-state index is 12.1. The van der Waals surface area contributed by atoms with Crippen molar-refractivity contribution in [2.75, 3.05) is 36.5 Å². The third-order valence-electron chi connectivity index (χ3n) is 5.30. The molecule has 8 heteroatoms. The van der Waals surface area contributed by atoms with Crippen LogP contribution in [0.3, 0.4) is 0 Å². The van der Waals surface area contributed by atoms with Crippen LogP contribution >= 0.6 is 0 Å². The fourth-order valence-corrected chi connectivity index (χ4v) is 3.61. The Morgan fingerprint density at radius 1 is 1.29 bits per heavy atom. The van der Waals surface area contributed by atoms with Crippen LogP contribution in [0, 0.1) is 5.92 Å². The Morgan fingerprint density at radius 2 is 2.11 bits per heavy atom. The number of amides is 1. The predicted molar refractivity (Wildman–Crippen MR) is 105 cm³/mol. The highest BCUT2D eigenvalue weighted by molar-refractivity contribution is 5.99. The number of pyridine rings is 1. The Morgan fingerprint density at radius 3 is 2.82 bits per heavy atom. The third kappa shape index (κ3) is 4.13. The summed E-state index contributed by atoms with van der Waals surface area (Å²) in [7, 11) is 0. The Kier molecular flexibility index (Phi) is 5.50. The van der Waals surface area contributed by atoms with E-state index in [4.69, 9.17) is 9.72 Å². The first-order valence-corrected chi connectivity index (χ1v) is 9.74. The molecule has 2 N–H and O–H groups in total. The second kappa shape index (κ2) is 8.20. The number of anilines is 2.